The van der Waals surface area contributed by atoms with Crippen molar-refractivity contribution in [3.8, 4) is 11.3 Å². The molecule has 0 spiro atoms. The number of hydrogen-bond acceptors (Lipinski definition) is 7. The zero-order valence-corrected chi connectivity index (χ0v) is 14.8. The van der Waals surface area contributed by atoms with Crippen LogP contribution in [-0.4, -0.2) is 26.1 Å². The molecule has 0 atom stereocenters. The smallest absolute Gasteiger partial charge is 0.229 e. The van der Waals surface area contributed by atoms with E-state index in [1.54, 1.807) is 18.3 Å². The molecule has 9 heteroatoms. The summed E-state index contributed by atoms with van der Waals surface area (Å²) in [6.07, 6.45) is 2.70. The molecule has 0 unspecified atom stereocenters. The molecule has 7 nitrogen and oxygen atoms in total. The molecular formula is C16H13ClN6OS. The molecule has 2 aromatic heterocycles. The van der Waals surface area contributed by atoms with Crippen LogP contribution < -0.4 is 10.6 Å². The molecular weight excluding hydrogens is 360 g/mol. The van der Waals surface area contributed by atoms with Crippen LogP contribution in [-0.2, 0) is 17.6 Å². The minimum Gasteiger partial charge on any atom is -0.325 e. The third-order valence-corrected chi connectivity index (χ3v) is 4.93. The summed E-state index contributed by atoms with van der Waals surface area (Å²) < 4.78 is 0. The Morgan fingerprint density at radius 1 is 1.36 bits per heavy atom. The van der Waals surface area contributed by atoms with Crippen LogP contribution in [0.15, 0.2) is 24.4 Å². The summed E-state index contributed by atoms with van der Waals surface area (Å²) >= 11 is 7.51. The van der Waals surface area contributed by atoms with E-state index in [0.29, 0.717) is 27.5 Å². The lowest BCUT2D eigenvalue weighted by Gasteiger charge is -2.09. The highest BCUT2D eigenvalue weighted by atomic mass is 35.5. The number of carbonyl (C=O) groups is 1. The first-order chi connectivity index (χ1) is 12.1. The van der Waals surface area contributed by atoms with Crippen molar-refractivity contribution in [2.75, 3.05) is 10.6 Å². The number of aromatic nitrogens is 4. The summed E-state index contributed by atoms with van der Waals surface area (Å²) in [5.41, 5.74) is 2.91. The first kappa shape index (κ1) is 15.9. The van der Waals surface area contributed by atoms with Gasteiger partial charge in [-0.15, -0.1) is 10.2 Å². The average molecular weight is 373 g/mol. The number of amides is 1. The van der Waals surface area contributed by atoms with E-state index < -0.39 is 0 Å². The maximum absolute atomic E-state index is 12.1. The SMILES string of the molecule is CCc1nnc(Nc2ncc3c(n2)-c2ccc(Cl)cc2NC(=O)C3)s1. The molecule has 25 heavy (non-hydrogen) atoms. The van der Waals surface area contributed by atoms with Gasteiger partial charge in [-0.3, -0.25) is 10.1 Å². The van der Waals surface area contributed by atoms with Crippen molar-refractivity contribution in [3.63, 3.8) is 0 Å². The van der Waals surface area contributed by atoms with E-state index in [9.17, 15) is 4.79 Å². The van der Waals surface area contributed by atoms with Crippen LogP contribution >= 0.6 is 22.9 Å². The molecule has 1 aromatic carbocycles. The molecule has 1 aliphatic heterocycles. The number of anilines is 3. The van der Waals surface area contributed by atoms with Gasteiger partial charge in [-0.2, -0.15) is 0 Å². The van der Waals surface area contributed by atoms with Crippen molar-refractivity contribution in [2.45, 2.75) is 19.8 Å². The molecule has 0 saturated carbocycles. The summed E-state index contributed by atoms with van der Waals surface area (Å²) in [6, 6.07) is 5.34. The van der Waals surface area contributed by atoms with Gasteiger partial charge in [-0.05, 0) is 24.6 Å². The Morgan fingerprint density at radius 3 is 3.04 bits per heavy atom. The van der Waals surface area contributed by atoms with Crippen molar-refractivity contribution >= 4 is 45.6 Å². The van der Waals surface area contributed by atoms with E-state index in [2.05, 4.69) is 30.8 Å². The third kappa shape index (κ3) is 3.18. The van der Waals surface area contributed by atoms with Gasteiger partial charge in [0.1, 0.15) is 5.01 Å². The Bertz CT molecular complexity index is 973. The number of rotatable bonds is 3. The molecule has 0 fully saturated rings. The third-order valence-electron chi connectivity index (χ3n) is 3.71. The first-order valence-electron chi connectivity index (χ1n) is 7.67. The fourth-order valence-electron chi connectivity index (χ4n) is 2.57. The molecule has 3 aromatic rings. The summed E-state index contributed by atoms with van der Waals surface area (Å²) in [4.78, 5) is 21.0. The number of fused-ring (bicyclic) bond motifs is 3. The fourth-order valence-corrected chi connectivity index (χ4v) is 3.41. The van der Waals surface area contributed by atoms with Crippen LogP contribution in [0.5, 0.6) is 0 Å². The van der Waals surface area contributed by atoms with E-state index in [4.69, 9.17) is 11.6 Å². The fraction of sp³-hybridized carbons (Fsp3) is 0.188. The highest BCUT2D eigenvalue weighted by Crippen LogP contribution is 2.34. The van der Waals surface area contributed by atoms with Crippen molar-refractivity contribution in [2.24, 2.45) is 0 Å². The Morgan fingerprint density at radius 2 is 2.24 bits per heavy atom. The van der Waals surface area contributed by atoms with Gasteiger partial charge >= 0.3 is 0 Å². The second kappa shape index (κ2) is 6.38. The molecule has 2 N–H and O–H groups in total. The van der Waals surface area contributed by atoms with Crippen molar-refractivity contribution in [3.05, 3.63) is 40.0 Å². The number of nitrogens with one attached hydrogen (secondary N) is 2. The molecule has 1 aliphatic rings. The van der Waals surface area contributed by atoms with Crippen LogP contribution in [0, 0.1) is 0 Å². The predicted molar refractivity (Wildman–Crippen MR) is 97.4 cm³/mol. The number of aryl methyl sites for hydroxylation is 1. The molecule has 0 radical (unpaired) electrons. The zero-order valence-electron chi connectivity index (χ0n) is 13.2. The van der Waals surface area contributed by atoms with Crippen molar-refractivity contribution in [1.82, 2.24) is 20.2 Å². The summed E-state index contributed by atoms with van der Waals surface area (Å²) in [7, 11) is 0. The lowest BCUT2D eigenvalue weighted by molar-refractivity contribution is -0.115. The second-order valence-electron chi connectivity index (χ2n) is 5.46. The lowest BCUT2D eigenvalue weighted by Crippen LogP contribution is -2.12. The van der Waals surface area contributed by atoms with Gasteiger partial charge in [-0.25, -0.2) is 9.97 Å². The molecule has 3 heterocycles. The lowest BCUT2D eigenvalue weighted by atomic mass is 10.1. The van der Waals surface area contributed by atoms with Crippen molar-refractivity contribution < 1.29 is 4.79 Å². The van der Waals surface area contributed by atoms with E-state index in [-0.39, 0.29) is 12.3 Å². The molecule has 1 amide bonds. The molecule has 4 rings (SSSR count). The molecule has 0 bridgehead atoms. The highest BCUT2D eigenvalue weighted by molar-refractivity contribution is 7.15. The maximum atomic E-state index is 12.1. The van der Waals surface area contributed by atoms with Gasteiger partial charge in [0, 0.05) is 22.3 Å². The number of hydrogen-bond donors (Lipinski definition) is 2. The van der Waals surface area contributed by atoms with Crippen LogP contribution in [0.4, 0.5) is 16.8 Å². The zero-order chi connectivity index (χ0) is 17.4. The van der Waals surface area contributed by atoms with Gasteiger partial charge < -0.3 is 5.32 Å². The maximum Gasteiger partial charge on any atom is 0.229 e. The van der Waals surface area contributed by atoms with E-state index in [0.717, 1.165) is 22.6 Å². The summed E-state index contributed by atoms with van der Waals surface area (Å²) in [5, 5.41) is 16.2. The number of benzene rings is 1. The van der Waals surface area contributed by atoms with Gasteiger partial charge in [0.15, 0.2) is 0 Å². The Kier molecular flexibility index (Phi) is 4.06. The van der Waals surface area contributed by atoms with Crippen LogP contribution in [0.1, 0.15) is 17.5 Å². The molecule has 0 saturated heterocycles. The summed E-state index contributed by atoms with van der Waals surface area (Å²) in [6.45, 7) is 2.02. The predicted octanol–water partition coefficient (Wildman–Crippen LogP) is 3.45. The van der Waals surface area contributed by atoms with E-state index in [1.165, 1.54) is 11.3 Å². The topological polar surface area (TPSA) is 92.7 Å². The first-order valence-corrected chi connectivity index (χ1v) is 8.87. The van der Waals surface area contributed by atoms with Gasteiger partial charge in [0.2, 0.25) is 17.0 Å². The number of nitrogens with zero attached hydrogens (tertiary/aromatic N) is 4. The molecule has 0 aliphatic carbocycles. The Labute approximate surface area is 152 Å². The van der Waals surface area contributed by atoms with Crippen molar-refractivity contribution in [1.29, 1.82) is 0 Å². The van der Waals surface area contributed by atoms with Gasteiger partial charge in [0.05, 0.1) is 17.8 Å². The van der Waals surface area contributed by atoms with Crippen LogP contribution in [0.25, 0.3) is 11.3 Å². The minimum absolute atomic E-state index is 0.122. The quantitative estimate of drug-likeness (QED) is 0.731. The number of carbonyl (C=O) groups excluding carboxylic acids is 1. The molecule has 126 valence electrons. The standard InChI is InChI=1S/C16H13ClN6OS/c1-2-13-22-23-16(25-13)21-15-18-7-8-5-12(24)19-11-6-9(17)3-4-10(11)14(8)20-15/h3-4,6-7H,2,5H2,1H3,(H,19,24)(H,18,20,21,23). The Hall–Kier alpha value is -2.58. The Balaban J connectivity index is 1.76. The second-order valence-corrected chi connectivity index (χ2v) is 6.96. The van der Waals surface area contributed by atoms with E-state index in [1.807, 2.05) is 13.0 Å². The monoisotopic (exact) mass is 372 g/mol. The normalized spacial score (nSPS) is 12.8. The number of halogens is 1. The minimum atomic E-state index is -0.122. The van der Waals surface area contributed by atoms with E-state index >= 15 is 0 Å². The highest BCUT2D eigenvalue weighted by Gasteiger charge is 2.21. The van der Waals surface area contributed by atoms with Gasteiger partial charge in [0.25, 0.3) is 0 Å². The van der Waals surface area contributed by atoms with Gasteiger partial charge in [-0.1, -0.05) is 29.9 Å². The summed E-state index contributed by atoms with van der Waals surface area (Å²) in [5.74, 6) is 0.288. The van der Waals surface area contributed by atoms with Crippen LogP contribution in [0.3, 0.4) is 0 Å². The van der Waals surface area contributed by atoms with Crippen LogP contribution in [0.2, 0.25) is 5.02 Å². The average Bonchev–Trinajstić information content (AvgIpc) is 2.98. The largest absolute Gasteiger partial charge is 0.325 e.